The first-order valence-corrected chi connectivity index (χ1v) is 4.22. The van der Waals surface area contributed by atoms with Gasteiger partial charge in [-0.05, 0) is 31.1 Å². The van der Waals surface area contributed by atoms with Gasteiger partial charge in [-0.3, -0.25) is 0 Å². The molecule has 0 nitrogen and oxygen atoms in total. The molecule has 0 fully saturated rings. The molecule has 0 aromatic heterocycles. The third kappa shape index (κ3) is 1.12. The quantitative estimate of drug-likeness (QED) is 0.450. The fraction of sp³-hybridized carbons (Fsp3) is 0.800. The molecule has 1 aliphatic carbocycles. The van der Waals surface area contributed by atoms with Crippen molar-refractivity contribution in [3.63, 3.8) is 0 Å². The summed E-state index contributed by atoms with van der Waals surface area (Å²) in [5, 5.41) is 0. The van der Waals surface area contributed by atoms with Gasteiger partial charge in [0, 0.05) is 0 Å². The summed E-state index contributed by atoms with van der Waals surface area (Å²) in [5.74, 6) is 0.859. The predicted octanol–water partition coefficient (Wildman–Crippen LogP) is 3.39. The Hall–Kier alpha value is -0.260. The molecule has 0 saturated carbocycles. The Morgan fingerprint density at radius 3 is 2.50 bits per heavy atom. The van der Waals surface area contributed by atoms with Crippen molar-refractivity contribution < 1.29 is 0 Å². The second-order valence-electron chi connectivity index (χ2n) is 4.09. The number of rotatable bonds is 0. The Kier molecular flexibility index (Phi) is 1.89. The Labute approximate surface area is 64.3 Å². The normalized spacial score (nSPS) is 31.6. The van der Waals surface area contributed by atoms with Gasteiger partial charge in [0.25, 0.3) is 0 Å². The zero-order valence-electron chi connectivity index (χ0n) is 7.57. The van der Waals surface area contributed by atoms with Crippen molar-refractivity contribution in [1.82, 2.24) is 0 Å². The summed E-state index contributed by atoms with van der Waals surface area (Å²) >= 11 is 0. The first-order valence-electron chi connectivity index (χ1n) is 4.22. The van der Waals surface area contributed by atoms with E-state index in [0.29, 0.717) is 5.41 Å². The van der Waals surface area contributed by atoms with E-state index in [9.17, 15) is 0 Å². The largest absolute Gasteiger partial charge is 0.0850 e. The third-order valence-corrected chi connectivity index (χ3v) is 3.30. The highest BCUT2D eigenvalue weighted by Crippen LogP contribution is 2.40. The number of allylic oxidation sites excluding steroid dienone is 2. The Morgan fingerprint density at radius 1 is 1.50 bits per heavy atom. The Balaban J connectivity index is 2.84. The molecule has 0 heteroatoms. The lowest BCUT2D eigenvalue weighted by Crippen LogP contribution is -2.25. The van der Waals surface area contributed by atoms with Crippen molar-refractivity contribution in [2.75, 3.05) is 0 Å². The standard InChI is InChI=1S/C10H18/c1-8-6-5-7-9(2)10(8,3)4/h6,9H,5,7H2,1-4H3. The van der Waals surface area contributed by atoms with Crippen molar-refractivity contribution in [1.29, 1.82) is 0 Å². The molecule has 0 bridgehead atoms. The average molecular weight is 138 g/mol. The molecule has 0 radical (unpaired) electrons. The third-order valence-electron chi connectivity index (χ3n) is 3.30. The topological polar surface area (TPSA) is 0 Å². The van der Waals surface area contributed by atoms with E-state index < -0.39 is 0 Å². The van der Waals surface area contributed by atoms with E-state index in [1.165, 1.54) is 12.8 Å². The van der Waals surface area contributed by atoms with Crippen molar-refractivity contribution in [2.24, 2.45) is 11.3 Å². The smallest absolute Gasteiger partial charge is 0.0122 e. The van der Waals surface area contributed by atoms with Crippen molar-refractivity contribution in [3.05, 3.63) is 11.6 Å². The number of hydrogen-bond donors (Lipinski definition) is 0. The molecule has 1 rings (SSSR count). The van der Waals surface area contributed by atoms with Crippen LogP contribution in [-0.2, 0) is 0 Å². The molecule has 0 saturated heterocycles. The summed E-state index contributed by atoms with van der Waals surface area (Å²) in [6, 6.07) is 0. The molecule has 0 spiro atoms. The van der Waals surface area contributed by atoms with E-state index in [4.69, 9.17) is 0 Å². The summed E-state index contributed by atoms with van der Waals surface area (Å²) in [7, 11) is 0. The maximum atomic E-state index is 2.39. The van der Waals surface area contributed by atoms with E-state index in [-0.39, 0.29) is 0 Å². The van der Waals surface area contributed by atoms with E-state index >= 15 is 0 Å². The van der Waals surface area contributed by atoms with E-state index in [1.54, 1.807) is 5.57 Å². The van der Waals surface area contributed by atoms with Gasteiger partial charge in [-0.15, -0.1) is 0 Å². The second kappa shape index (κ2) is 2.41. The lowest BCUT2D eigenvalue weighted by atomic mass is 9.69. The molecule has 10 heavy (non-hydrogen) atoms. The van der Waals surface area contributed by atoms with Crippen LogP contribution < -0.4 is 0 Å². The molecule has 1 unspecified atom stereocenters. The Morgan fingerprint density at radius 2 is 2.10 bits per heavy atom. The molecule has 0 heterocycles. The zero-order valence-corrected chi connectivity index (χ0v) is 7.57. The van der Waals surface area contributed by atoms with E-state index in [0.717, 1.165) is 5.92 Å². The maximum Gasteiger partial charge on any atom is -0.0122 e. The van der Waals surface area contributed by atoms with Crippen molar-refractivity contribution >= 4 is 0 Å². The maximum absolute atomic E-state index is 2.39. The highest BCUT2D eigenvalue weighted by Gasteiger charge is 2.29. The molecule has 58 valence electrons. The van der Waals surface area contributed by atoms with Gasteiger partial charge in [0.15, 0.2) is 0 Å². The first-order chi connectivity index (χ1) is 4.55. The van der Waals surface area contributed by atoms with Crippen LogP contribution in [0.25, 0.3) is 0 Å². The molecule has 0 amide bonds. The summed E-state index contributed by atoms with van der Waals surface area (Å²) in [4.78, 5) is 0. The van der Waals surface area contributed by atoms with E-state index in [2.05, 4.69) is 33.8 Å². The summed E-state index contributed by atoms with van der Waals surface area (Å²) < 4.78 is 0. The molecule has 0 aliphatic heterocycles. The lowest BCUT2D eigenvalue weighted by Gasteiger charge is -2.36. The molecule has 1 aliphatic rings. The van der Waals surface area contributed by atoms with Crippen LogP contribution in [0.5, 0.6) is 0 Å². The fourth-order valence-electron chi connectivity index (χ4n) is 1.56. The monoisotopic (exact) mass is 138 g/mol. The molecule has 0 aromatic rings. The SMILES string of the molecule is CC1=CCCC(C)C1(C)C. The van der Waals surface area contributed by atoms with Gasteiger partial charge >= 0.3 is 0 Å². The second-order valence-corrected chi connectivity index (χ2v) is 4.09. The summed E-state index contributed by atoms with van der Waals surface area (Å²) in [5.41, 5.74) is 2.03. The highest BCUT2D eigenvalue weighted by molar-refractivity contribution is 5.13. The van der Waals surface area contributed by atoms with Crippen LogP contribution in [-0.4, -0.2) is 0 Å². The number of hydrogen-bond acceptors (Lipinski definition) is 0. The van der Waals surface area contributed by atoms with Crippen LogP contribution in [0.1, 0.15) is 40.5 Å². The van der Waals surface area contributed by atoms with Gasteiger partial charge in [0.1, 0.15) is 0 Å². The van der Waals surface area contributed by atoms with Crippen LogP contribution in [0.4, 0.5) is 0 Å². The van der Waals surface area contributed by atoms with Crippen LogP contribution in [0.15, 0.2) is 11.6 Å². The minimum Gasteiger partial charge on any atom is -0.0850 e. The average Bonchev–Trinajstić information content (AvgIpc) is 1.84. The predicted molar refractivity (Wildman–Crippen MR) is 45.9 cm³/mol. The molecular formula is C10H18. The Bertz CT molecular complexity index is 151. The minimum atomic E-state index is 0.457. The van der Waals surface area contributed by atoms with Gasteiger partial charge < -0.3 is 0 Å². The van der Waals surface area contributed by atoms with Gasteiger partial charge in [-0.1, -0.05) is 32.4 Å². The van der Waals surface area contributed by atoms with Gasteiger partial charge in [0.05, 0.1) is 0 Å². The lowest BCUT2D eigenvalue weighted by molar-refractivity contribution is 0.256. The molecule has 0 aromatic carbocycles. The van der Waals surface area contributed by atoms with Crippen LogP contribution in [0, 0.1) is 11.3 Å². The van der Waals surface area contributed by atoms with Crippen molar-refractivity contribution in [3.8, 4) is 0 Å². The van der Waals surface area contributed by atoms with Crippen molar-refractivity contribution in [2.45, 2.75) is 40.5 Å². The van der Waals surface area contributed by atoms with Crippen LogP contribution >= 0.6 is 0 Å². The summed E-state index contributed by atoms with van der Waals surface area (Å²) in [6.45, 7) is 9.32. The van der Waals surface area contributed by atoms with E-state index in [1.807, 2.05) is 0 Å². The highest BCUT2D eigenvalue weighted by atomic mass is 14.3. The molecular weight excluding hydrogens is 120 g/mol. The minimum absolute atomic E-state index is 0.457. The molecule has 0 N–H and O–H groups in total. The molecule has 1 atom stereocenters. The van der Waals surface area contributed by atoms with Gasteiger partial charge in [-0.25, -0.2) is 0 Å². The van der Waals surface area contributed by atoms with Gasteiger partial charge in [-0.2, -0.15) is 0 Å². The first kappa shape index (κ1) is 7.84. The van der Waals surface area contributed by atoms with Gasteiger partial charge in [0.2, 0.25) is 0 Å². The fourth-order valence-corrected chi connectivity index (χ4v) is 1.56. The van der Waals surface area contributed by atoms with Crippen LogP contribution in [0.3, 0.4) is 0 Å². The zero-order chi connectivity index (χ0) is 7.78. The summed E-state index contributed by atoms with van der Waals surface area (Å²) in [6.07, 6.45) is 5.04. The van der Waals surface area contributed by atoms with Crippen LogP contribution in [0.2, 0.25) is 0 Å².